The number of nitrogens with one attached hydrogen (secondary N) is 1. The molecule has 0 aromatic carbocycles. The van der Waals surface area contributed by atoms with Crippen molar-refractivity contribution in [3.63, 3.8) is 0 Å². The van der Waals surface area contributed by atoms with Gasteiger partial charge in [-0.1, -0.05) is 0 Å². The van der Waals surface area contributed by atoms with E-state index in [0.717, 1.165) is 28.3 Å². The van der Waals surface area contributed by atoms with Crippen LogP contribution in [0.25, 0.3) is 10.2 Å². The summed E-state index contributed by atoms with van der Waals surface area (Å²) in [7, 11) is 0. The number of nitrogens with zero attached hydrogens (tertiary/aromatic N) is 4. The van der Waals surface area contributed by atoms with E-state index in [1.807, 2.05) is 22.3 Å². The SMILES string of the molecule is CCn1cc(Nc2ncnc3ccsc23)cn1. The lowest BCUT2D eigenvalue weighted by Gasteiger charge is -2.02. The van der Waals surface area contributed by atoms with Gasteiger partial charge in [-0.25, -0.2) is 9.97 Å². The molecule has 17 heavy (non-hydrogen) atoms. The van der Waals surface area contributed by atoms with Crippen LogP contribution in [0.2, 0.25) is 0 Å². The Hall–Kier alpha value is -1.95. The standard InChI is InChI=1S/C11H11N5S/c1-2-16-6-8(5-14-16)15-11-10-9(3-4-17-10)12-7-13-11/h3-7H,2H2,1H3,(H,12,13,15). The van der Waals surface area contributed by atoms with Crippen molar-refractivity contribution in [3.05, 3.63) is 30.2 Å². The van der Waals surface area contributed by atoms with Crippen LogP contribution < -0.4 is 5.32 Å². The minimum absolute atomic E-state index is 0.834. The van der Waals surface area contributed by atoms with Crippen LogP contribution in [0.1, 0.15) is 6.92 Å². The van der Waals surface area contributed by atoms with Gasteiger partial charge in [0.15, 0.2) is 5.82 Å². The average Bonchev–Trinajstić information content (AvgIpc) is 2.97. The quantitative estimate of drug-likeness (QED) is 0.770. The molecule has 0 aliphatic carbocycles. The topological polar surface area (TPSA) is 55.6 Å². The van der Waals surface area contributed by atoms with E-state index in [9.17, 15) is 0 Å². The van der Waals surface area contributed by atoms with E-state index in [2.05, 4.69) is 27.3 Å². The molecular weight excluding hydrogens is 234 g/mol. The lowest BCUT2D eigenvalue weighted by molar-refractivity contribution is 0.660. The lowest BCUT2D eigenvalue weighted by Crippen LogP contribution is -1.94. The summed E-state index contributed by atoms with van der Waals surface area (Å²) >= 11 is 1.63. The molecule has 3 heterocycles. The summed E-state index contributed by atoms with van der Waals surface area (Å²) in [6.45, 7) is 2.92. The van der Waals surface area contributed by atoms with Crippen LogP contribution in [0.15, 0.2) is 30.2 Å². The molecule has 3 aromatic rings. The summed E-state index contributed by atoms with van der Waals surface area (Å²) in [6, 6.07) is 1.99. The number of thiophene rings is 1. The van der Waals surface area contributed by atoms with Gasteiger partial charge in [0.2, 0.25) is 0 Å². The summed E-state index contributed by atoms with van der Waals surface area (Å²) in [4.78, 5) is 8.46. The first-order valence-corrected chi connectivity index (χ1v) is 6.22. The highest BCUT2D eigenvalue weighted by Crippen LogP contribution is 2.27. The van der Waals surface area contributed by atoms with E-state index in [1.165, 1.54) is 0 Å². The molecule has 0 unspecified atom stereocenters. The summed E-state index contributed by atoms with van der Waals surface area (Å²) in [5, 5.41) is 9.49. The number of hydrogen-bond donors (Lipinski definition) is 1. The van der Waals surface area contributed by atoms with Gasteiger partial charge in [0.25, 0.3) is 0 Å². The van der Waals surface area contributed by atoms with Gasteiger partial charge in [0.1, 0.15) is 6.33 Å². The molecule has 0 atom stereocenters. The zero-order valence-electron chi connectivity index (χ0n) is 9.29. The first-order chi connectivity index (χ1) is 8.36. The number of rotatable bonds is 3. The molecule has 1 N–H and O–H groups in total. The van der Waals surface area contributed by atoms with Crippen LogP contribution in [0.4, 0.5) is 11.5 Å². The Balaban J connectivity index is 1.96. The molecular formula is C11H11N5S. The molecule has 0 saturated carbocycles. The Morgan fingerprint density at radius 1 is 1.41 bits per heavy atom. The van der Waals surface area contributed by atoms with Crippen molar-refractivity contribution in [1.82, 2.24) is 19.7 Å². The zero-order chi connectivity index (χ0) is 11.7. The zero-order valence-corrected chi connectivity index (χ0v) is 10.1. The fourth-order valence-electron chi connectivity index (χ4n) is 1.62. The summed E-state index contributed by atoms with van der Waals surface area (Å²) in [5.41, 5.74) is 1.91. The van der Waals surface area contributed by atoms with Gasteiger partial charge in [-0.3, -0.25) is 4.68 Å². The maximum Gasteiger partial charge on any atom is 0.151 e. The van der Waals surface area contributed by atoms with E-state index >= 15 is 0 Å². The normalized spacial score (nSPS) is 10.9. The molecule has 0 saturated heterocycles. The summed E-state index contributed by atoms with van der Waals surface area (Å²) in [5.74, 6) is 0.834. The number of aromatic nitrogens is 4. The molecule has 5 nitrogen and oxygen atoms in total. The fraction of sp³-hybridized carbons (Fsp3) is 0.182. The van der Waals surface area contributed by atoms with E-state index in [4.69, 9.17) is 0 Å². The number of anilines is 2. The number of hydrogen-bond acceptors (Lipinski definition) is 5. The van der Waals surface area contributed by atoms with Crippen LogP contribution in [0, 0.1) is 0 Å². The van der Waals surface area contributed by atoms with Crippen molar-refractivity contribution in [1.29, 1.82) is 0 Å². The van der Waals surface area contributed by atoms with E-state index in [0.29, 0.717) is 0 Å². The molecule has 0 bridgehead atoms. The minimum atomic E-state index is 0.834. The van der Waals surface area contributed by atoms with Crippen LogP contribution in [0.5, 0.6) is 0 Å². The van der Waals surface area contributed by atoms with Gasteiger partial charge < -0.3 is 5.32 Å². The fourth-order valence-corrected chi connectivity index (χ4v) is 2.41. The molecule has 86 valence electrons. The van der Waals surface area contributed by atoms with Crippen molar-refractivity contribution in [2.24, 2.45) is 0 Å². The van der Waals surface area contributed by atoms with Crippen molar-refractivity contribution in [2.45, 2.75) is 13.5 Å². The molecule has 0 amide bonds. The van der Waals surface area contributed by atoms with E-state index in [-0.39, 0.29) is 0 Å². The van der Waals surface area contributed by atoms with E-state index in [1.54, 1.807) is 23.9 Å². The second-order valence-corrected chi connectivity index (χ2v) is 4.48. The Labute approximate surface area is 102 Å². The monoisotopic (exact) mass is 245 g/mol. The average molecular weight is 245 g/mol. The van der Waals surface area contributed by atoms with Crippen molar-refractivity contribution in [3.8, 4) is 0 Å². The van der Waals surface area contributed by atoms with Crippen molar-refractivity contribution in [2.75, 3.05) is 5.32 Å². The lowest BCUT2D eigenvalue weighted by atomic mass is 10.4. The first-order valence-electron chi connectivity index (χ1n) is 5.34. The van der Waals surface area contributed by atoms with Crippen molar-refractivity contribution >= 4 is 33.1 Å². The van der Waals surface area contributed by atoms with Crippen LogP contribution >= 0.6 is 11.3 Å². The van der Waals surface area contributed by atoms with Crippen LogP contribution in [-0.2, 0) is 6.54 Å². The van der Waals surface area contributed by atoms with E-state index < -0.39 is 0 Å². The van der Waals surface area contributed by atoms with Gasteiger partial charge in [-0.05, 0) is 18.4 Å². The third kappa shape index (κ3) is 1.87. The van der Waals surface area contributed by atoms with Gasteiger partial charge in [-0.2, -0.15) is 5.10 Å². The maximum absolute atomic E-state index is 4.26. The molecule has 0 fully saturated rings. The highest BCUT2D eigenvalue weighted by atomic mass is 32.1. The number of aryl methyl sites for hydroxylation is 1. The van der Waals surface area contributed by atoms with Crippen LogP contribution in [-0.4, -0.2) is 19.7 Å². The predicted octanol–water partition coefficient (Wildman–Crippen LogP) is 2.65. The molecule has 3 rings (SSSR count). The summed E-state index contributed by atoms with van der Waals surface area (Å²) < 4.78 is 2.94. The third-order valence-electron chi connectivity index (χ3n) is 2.46. The highest BCUT2D eigenvalue weighted by molar-refractivity contribution is 7.17. The molecule has 0 aliphatic rings. The number of fused-ring (bicyclic) bond motifs is 1. The molecule has 0 radical (unpaired) electrons. The molecule has 6 heteroatoms. The third-order valence-corrected chi connectivity index (χ3v) is 3.37. The highest BCUT2D eigenvalue weighted by Gasteiger charge is 2.06. The largest absolute Gasteiger partial charge is 0.336 e. The molecule has 0 spiro atoms. The smallest absolute Gasteiger partial charge is 0.151 e. The Bertz CT molecular complexity index is 642. The van der Waals surface area contributed by atoms with Gasteiger partial charge >= 0.3 is 0 Å². The van der Waals surface area contributed by atoms with Gasteiger partial charge in [-0.15, -0.1) is 11.3 Å². The van der Waals surface area contributed by atoms with Gasteiger partial charge in [0.05, 0.1) is 22.1 Å². The Kier molecular flexibility index (Phi) is 2.49. The second kappa shape index (κ2) is 4.14. The molecule has 3 aromatic heterocycles. The van der Waals surface area contributed by atoms with Gasteiger partial charge in [0, 0.05) is 12.7 Å². The predicted molar refractivity (Wildman–Crippen MR) is 68.6 cm³/mol. The van der Waals surface area contributed by atoms with Crippen LogP contribution in [0.3, 0.4) is 0 Å². The first kappa shape index (κ1) is 10.2. The second-order valence-electron chi connectivity index (χ2n) is 3.57. The Morgan fingerprint density at radius 3 is 3.18 bits per heavy atom. The van der Waals surface area contributed by atoms with Crippen molar-refractivity contribution < 1.29 is 0 Å². The minimum Gasteiger partial charge on any atom is -0.336 e. The summed E-state index contributed by atoms with van der Waals surface area (Å²) in [6.07, 6.45) is 5.33. The maximum atomic E-state index is 4.26. The Morgan fingerprint density at radius 2 is 2.35 bits per heavy atom. The molecule has 0 aliphatic heterocycles.